The molecule has 1 aromatic carbocycles. The Labute approximate surface area is 112 Å². The van der Waals surface area contributed by atoms with Gasteiger partial charge in [0.05, 0.1) is 12.8 Å². The minimum atomic E-state index is -0.0444. The van der Waals surface area contributed by atoms with Crippen molar-refractivity contribution in [1.82, 2.24) is 10.2 Å². The molecule has 0 saturated carbocycles. The Morgan fingerprint density at radius 3 is 3.05 bits per heavy atom. The average Bonchev–Trinajstić information content (AvgIpc) is 2.87. The maximum absolute atomic E-state index is 11.6. The average molecular weight is 259 g/mol. The zero-order valence-electron chi connectivity index (χ0n) is 10.8. The molecule has 0 spiro atoms. The molecule has 1 aromatic heterocycles. The summed E-state index contributed by atoms with van der Waals surface area (Å²) in [6.45, 7) is 2.55. The summed E-state index contributed by atoms with van der Waals surface area (Å²) in [4.78, 5) is 11.6. The van der Waals surface area contributed by atoms with Gasteiger partial charge in [-0.3, -0.25) is 9.89 Å². The van der Waals surface area contributed by atoms with Crippen LogP contribution in [0.3, 0.4) is 0 Å². The lowest BCUT2D eigenvalue weighted by Gasteiger charge is -2.06. The molecule has 0 bridgehead atoms. The van der Waals surface area contributed by atoms with E-state index in [0.717, 1.165) is 11.3 Å². The van der Waals surface area contributed by atoms with Crippen LogP contribution in [-0.4, -0.2) is 22.7 Å². The van der Waals surface area contributed by atoms with Gasteiger partial charge in [0.1, 0.15) is 11.6 Å². The Hall–Kier alpha value is -2.30. The van der Waals surface area contributed by atoms with Gasteiger partial charge in [0.25, 0.3) is 0 Å². The lowest BCUT2D eigenvalue weighted by Crippen LogP contribution is -2.13. The SMILES string of the molecule is Cc1cccc(OCCCC(=O)Nc2ccn[nH]2)c1. The van der Waals surface area contributed by atoms with Gasteiger partial charge in [-0.05, 0) is 31.0 Å². The second-order valence-corrected chi connectivity index (χ2v) is 4.29. The molecular weight excluding hydrogens is 242 g/mol. The molecule has 1 heterocycles. The van der Waals surface area contributed by atoms with Gasteiger partial charge in [0.15, 0.2) is 0 Å². The molecule has 2 rings (SSSR count). The van der Waals surface area contributed by atoms with E-state index >= 15 is 0 Å². The van der Waals surface area contributed by atoms with E-state index in [1.54, 1.807) is 12.3 Å². The first-order valence-electron chi connectivity index (χ1n) is 6.23. The summed E-state index contributed by atoms with van der Waals surface area (Å²) in [7, 11) is 0. The van der Waals surface area contributed by atoms with Crippen molar-refractivity contribution < 1.29 is 9.53 Å². The summed E-state index contributed by atoms with van der Waals surface area (Å²) in [5, 5.41) is 9.15. The predicted molar refractivity (Wildman–Crippen MR) is 73.1 cm³/mol. The van der Waals surface area contributed by atoms with E-state index in [1.165, 1.54) is 0 Å². The fraction of sp³-hybridized carbons (Fsp3) is 0.286. The van der Waals surface area contributed by atoms with E-state index in [2.05, 4.69) is 15.5 Å². The number of nitrogens with one attached hydrogen (secondary N) is 2. The van der Waals surface area contributed by atoms with Crippen LogP contribution in [0.2, 0.25) is 0 Å². The molecule has 0 aliphatic heterocycles. The molecule has 19 heavy (non-hydrogen) atoms. The highest BCUT2D eigenvalue weighted by atomic mass is 16.5. The van der Waals surface area contributed by atoms with Gasteiger partial charge in [0.2, 0.25) is 5.91 Å². The summed E-state index contributed by atoms with van der Waals surface area (Å²) < 4.78 is 5.57. The Morgan fingerprint density at radius 1 is 1.42 bits per heavy atom. The third kappa shape index (κ3) is 4.46. The largest absolute Gasteiger partial charge is 0.494 e. The van der Waals surface area contributed by atoms with Gasteiger partial charge in [0, 0.05) is 12.5 Å². The monoisotopic (exact) mass is 259 g/mol. The molecule has 0 radical (unpaired) electrons. The van der Waals surface area contributed by atoms with E-state index in [4.69, 9.17) is 4.74 Å². The van der Waals surface area contributed by atoms with Crippen molar-refractivity contribution in [1.29, 1.82) is 0 Å². The number of anilines is 1. The number of amides is 1. The zero-order valence-corrected chi connectivity index (χ0v) is 10.8. The number of carbonyl (C=O) groups is 1. The van der Waals surface area contributed by atoms with Crippen LogP contribution in [-0.2, 0) is 4.79 Å². The molecule has 0 aliphatic rings. The predicted octanol–water partition coefficient (Wildman–Crippen LogP) is 2.52. The Morgan fingerprint density at radius 2 is 2.32 bits per heavy atom. The van der Waals surface area contributed by atoms with Gasteiger partial charge in [-0.25, -0.2) is 0 Å². The third-order valence-electron chi connectivity index (χ3n) is 2.58. The van der Waals surface area contributed by atoms with Crippen molar-refractivity contribution in [2.24, 2.45) is 0 Å². The van der Waals surface area contributed by atoms with Crippen molar-refractivity contribution in [3.8, 4) is 5.75 Å². The molecular formula is C14H17N3O2. The van der Waals surface area contributed by atoms with Gasteiger partial charge in [-0.1, -0.05) is 12.1 Å². The topological polar surface area (TPSA) is 67.0 Å². The highest BCUT2D eigenvalue weighted by Crippen LogP contribution is 2.12. The first-order valence-corrected chi connectivity index (χ1v) is 6.23. The molecule has 2 N–H and O–H groups in total. The number of ether oxygens (including phenoxy) is 1. The number of nitrogens with zero attached hydrogens (tertiary/aromatic N) is 1. The molecule has 0 atom stereocenters. The van der Waals surface area contributed by atoms with E-state index < -0.39 is 0 Å². The highest BCUT2D eigenvalue weighted by molar-refractivity contribution is 5.89. The molecule has 0 unspecified atom stereocenters. The molecule has 1 amide bonds. The van der Waals surface area contributed by atoms with E-state index in [1.807, 2.05) is 31.2 Å². The summed E-state index contributed by atoms with van der Waals surface area (Å²) >= 11 is 0. The molecule has 0 aliphatic carbocycles. The Bertz CT molecular complexity index is 523. The minimum Gasteiger partial charge on any atom is -0.494 e. The van der Waals surface area contributed by atoms with Crippen molar-refractivity contribution in [2.75, 3.05) is 11.9 Å². The van der Waals surface area contributed by atoms with Crippen LogP contribution < -0.4 is 10.1 Å². The van der Waals surface area contributed by atoms with E-state index in [0.29, 0.717) is 25.3 Å². The zero-order chi connectivity index (χ0) is 13.5. The number of rotatable bonds is 6. The Kier molecular flexibility index (Phi) is 4.55. The van der Waals surface area contributed by atoms with Gasteiger partial charge in [-0.15, -0.1) is 0 Å². The normalized spacial score (nSPS) is 10.2. The van der Waals surface area contributed by atoms with Gasteiger partial charge >= 0.3 is 0 Å². The molecule has 5 heteroatoms. The number of hydrogen-bond donors (Lipinski definition) is 2. The number of benzene rings is 1. The Balaban J connectivity index is 1.65. The summed E-state index contributed by atoms with van der Waals surface area (Å²) in [5.41, 5.74) is 1.16. The number of aryl methyl sites for hydroxylation is 1. The summed E-state index contributed by atoms with van der Waals surface area (Å²) in [5.74, 6) is 1.41. The lowest BCUT2D eigenvalue weighted by atomic mass is 10.2. The standard InChI is InChI=1S/C14H17N3O2/c1-11-4-2-5-12(10-11)19-9-3-6-14(18)16-13-7-8-15-17-13/h2,4-5,7-8,10H,3,6,9H2,1H3,(H2,15,16,17,18). The number of aromatic amines is 1. The minimum absolute atomic E-state index is 0.0444. The first-order chi connectivity index (χ1) is 9.24. The van der Waals surface area contributed by atoms with Gasteiger partial charge < -0.3 is 10.1 Å². The highest BCUT2D eigenvalue weighted by Gasteiger charge is 2.03. The van der Waals surface area contributed by atoms with Crippen LogP contribution >= 0.6 is 0 Å². The second kappa shape index (κ2) is 6.58. The molecule has 100 valence electrons. The fourth-order valence-electron chi connectivity index (χ4n) is 1.67. The smallest absolute Gasteiger partial charge is 0.225 e. The van der Waals surface area contributed by atoms with Gasteiger partial charge in [-0.2, -0.15) is 5.10 Å². The van der Waals surface area contributed by atoms with Crippen molar-refractivity contribution in [2.45, 2.75) is 19.8 Å². The second-order valence-electron chi connectivity index (χ2n) is 4.29. The molecule has 5 nitrogen and oxygen atoms in total. The van der Waals surface area contributed by atoms with Crippen LogP contribution in [0.15, 0.2) is 36.5 Å². The number of aromatic nitrogens is 2. The maximum atomic E-state index is 11.6. The van der Waals surface area contributed by atoms with Crippen LogP contribution in [0.25, 0.3) is 0 Å². The number of H-pyrrole nitrogens is 1. The molecule has 0 fully saturated rings. The third-order valence-corrected chi connectivity index (χ3v) is 2.58. The lowest BCUT2D eigenvalue weighted by molar-refractivity contribution is -0.116. The molecule has 0 saturated heterocycles. The number of hydrogen-bond acceptors (Lipinski definition) is 3. The van der Waals surface area contributed by atoms with E-state index in [9.17, 15) is 4.79 Å². The van der Waals surface area contributed by atoms with Crippen LogP contribution in [0.1, 0.15) is 18.4 Å². The van der Waals surface area contributed by atoms with Crippen molar-refractivity contribution in [3.05, 3.63) is 42.1 Å². The summed E-state index contributed by atoms with van der Waals surface area (Å²) in [6.07, 6.45) is 2.69. The maximum Gasteiger partial charge on any atom is 0.225 e. The number of carbonyl (C=O) groups excluding carboxylic acids is 1. The van der Waals surface area contributed by atoms with Crippen molar-refractivity contribution in [3.63, 3.8) is 0 Å². The van der Waals surface area contributed by atoms with Crippen LogP contribution in [0, 0.1) is 6.92 Å². The quantitative estimate of drug-likeness (QED) is 0.783. The fourth-order valence-corrected chi connectivity index (χ4v) is 1.67. The van der Waals surface area contributed by atoms with Crippen molar-refractivity contribution >= 4 is 11.7 Å². The van der Waals surface area contributed by atoms with Crippen LogP contribution in [0.4, 0.5) is 5.82 Å². The summed E-state index contributed by atoms with van der Waals surface area (Å²) in [6, 6.07) is 9.57. The van der Waals surface area contributed by atoms with E-state index in [-0.39, 0.29) is 5.91 Å². The molecule has 2 aromatic rings. The first kappa shape index (κ1) is 13.1. The van der Waals surface area contributed by atoms with Crippen LogP contribution in [0.5, 0.6) is 5.75 Å².